The van der Waals surface area contributed by atoms with Crippen molar-refractivity contribution in [2.24, 2.45) is 0 Å². The number of carbonyl (C=O) groups is 1. The Morgan fingerprint density at radius 1 is 1.12 bits per heavy atom. The molecule has 0 aliphatic heterocycles. The average molecular weight is 328 g/mol. The molecule has 24 heavy (non-hydrogen) atoms. The van der Waals surface area contributed by atoms with Gasteiger partial charge in [-0.05, 0) is 55.7 Å². The molecule has 2 aromatic rings. The molecule has 0 fully saturated rings. The van der Waals surface area contributed by atoms with Crippen molar-refractivity contribution in [3.63, 3.8) is 0 Å². The summed E-state index contributed by atoms with van der Waals surface area (Å²) in [5.74, 6) is 1.25. The summed E-state index contributed by atoms with van der Waals surface area (Å²) in [6.07, 6.45) is 0.688. The van der Waals surface area contributed by atoms with E-state index in [0.29, 0.717) is 29.2 Å². The summed E-state index contributed by atoms with van der Waals surface area (Å²) in [7, 11) is 3.21. The molecule has 0 heterocycles. The van der Waals surface area contributed by atoms with Crippen LogP contribution in [0.5, 0.6) is 11.5 Å². The van der Waals surface area contributed by atoms with Gasteiger partial charge < -0.3 is 20.5 Å². The van der Waals surface area contributed by atoms with Crippen LogP contribution in [-0.4, -0.2) is 26.2 Å². The molecule has 0 aliphatic rings. The van der Waals surface area contributed by atoms with Crippen molar-refractivity contribution in [1.82, 2.24) is 5.32 Å². The van der Waals surface area contributed by atoms with Crippen molar-refractivity contribution in [2.45, 2.75) is 26.3 Å². The molecule has 1 atom stereocenters. The molecule has 1 amide bonds. The highest BCUT2D eigenvalue weighted by Crippen LogP contribution is 2.28. The minimum absolute atomic E-state index is 0.0311. The topological polar surface area (TPSA) is 73.6 Å². The van der Waals surface area contributed by atoms with Gasteiger partial charge in [0.15, 0.2) is 11.5 Å². The number of ether oxygens (including phenoxy) is 2. The Balaban J connectivity index is 2.06. The van der Waals surface area contributed by atoms with Gasteiger partial charge in [-0.1, -0.05) is 12.1 Å². The Hall–Kier alpha value is -2.69. The number of nitrogens with one attached hydrogen (secondary N) is 1. The summed E-state index contributed by atoms with van der Waals surface area (Å²) in [6, 6.07) is 11.1. The third-order valence-corrected chi connectivity index (χ3v) is 3.87. The maximum absolute atomic E-state index is 12.4. The molecule has 3 N–H and O–H groups in total. The number of nitrogens with two attached hydrogens (primary N) is 1. The first-order valence-electron chi connectivity index (χ1n) is 7.82. The second-order valence-electron chi connectivity index (χ2n) is 5.84. The van der Waals surface area contributed by atoms with Gasteiger partial charge in [0.25, 0.3) is 5.91 Å². The van der Waals surface area contributed by atoms with Crippen LogP contribution in [0.2, 0.25) is 0 Å². The zero-order valence-electron chi connectivity index (χ0n) is 14.6. The molecule has 2 aromatic carbocycles. The van der Waals surface area contributed by atoms with Crippen molar-refractivity contribution in [2.75, 3.05) is 20.0 Å². The highest BCUT2D eigenvalue weighted by Gasteiger charge is 2.14. The number of amides is 1. The fourth-order valence-electron chi connectivity index (χ4n) is 2.60. The number of benzene rings is 2. The summed E-state index contributed by atoms with van der Waals surface area (Å²) >= 11 is 0. The maximum Gasteiger partial charge on any atom is 0.251 e. The van der Waals surface area contributed by atoms with Gasteiger partial charge >= 0.3 is 0 Å². The number of nitrogen functional groups attached to an aromatic ring is 1. The fourth-order valence-corrected chi connectivity index (χ4v) is 2.60. The predicted molar refractivity (Wildman–Crippen MR) is 95.8 cm³/mol. The van der Waals surface area contributed by atoms with E-state index < -0.39 is 0 Å². The standard InChI is InChI=1S/C19H24N2O3/c1-12-5-7-15(20)11-16(12)19(22)21-13(2)9-14-6-8-17(23-3)18(10-14)24-4/h5-8,10-11,13H,9,20H2,1-4H3,(H,21,22). The highest BCUT2D eigenvalue weighted by molar-refractivity contribution is 5.96. The molecule has 0 spiro atoms. The Labute approximate surface area is 142 Å². The minimum Gasteiger partial charge on any atom is -0.493 e. The van der Waals surface area contributed by atoms with Crippen LogP contribution in [0.4, 0.5) is 5.69 Å². The van der Waals surface area contributed by atoms with Crippen LogP contribution in [0.15, 0.2) is 36.4 Å². The maximum atomic E-state index is 12.4. The van der Waals surface area contributed by atoms with Gasteiger partial charge in [0, 0.05) is 17.3 Å². The molecule has 1 unspecified atom stereocenters. The van der Waals surface area contributed by atoms with Crippen LogP contribution in [-0.2, 0) is 6.42 Å². The lowest BCUT2D eigenvalue weighted by atomic mass is 10.0. The van der Waals surface area contributed by atoms with Crippen LogP contribution in [0, 0.1) is 6.92 Å². The zero-order valence-corrected chi connectivity index (χ0v) is 14.6. The van der Waals surface area contributed by atoms with Crippen molar-refractivity contribution in [3.05, 3.63) is 53.1 Å². The molecule has 128 valence electrons. The molecule has 0 bridgehead atoms. The van der Waals surface area contributed by atoms with E-state index in [1.54, 1.807) is 26.4 Å². The summed E-state index contributed by atoms with van der Waals surface area (Å²) in [5, 5.41) is 3.01. The lowest BCUT2D eigenvalue weighted by molar-refractivity contribution is 0.0939. The number of rotatable bonds is 6. The van der Waals surface area contributed by atoms with Crippen molar-refractivity contribution >= 4 is 11.6 Å². The van der Waals surface area contributed by atoms with Gasteiger partial charge in [0.1, 0.15) is 0 Å². The van der Waals surface area contributed by atoms with Gasteiger partial charge in [-0.25, -0.2) is 0 Å². The predicted octanol–water partition coefficient (Wildman–Crippen LogP) is 2.96. The molecule has 0 saturated heterocycles. The fraction of sp³-hybridized carbons (Fsp3) is 0.316. The summed E-state index contributed by atoms with van der Waals surface area (Å²) < 4.78 is 10.5. The molecule has 0 aromatic heterocycles. The third kappa shape index (κ3) is 4.19. The van der Waals surface area contributed by atoms with E-state index in [1.165, 1.54) is 0 Å². The number of hydrogen-bond donors (Lipinski definition) is 2. The van der Waals surface area contributed by atoms with Crippen LogP contribution < -0.4 is 20.5 Å². The number of methoxy groups -OCH3 is 2. The smallest absolute Gasteiger partial charge is 0.251 e. The Morgan fingerprint density at radius 3 is 2.50 bits per heavy atom. The highest BCUT2D eigenvalue weighted by atomic mass is 16.5. The molecular weight excluding hydrogens is 304 g/mol. The van der Waals surface area contributed by atoms with Gasteiger partial charge in [-0.15, -0.1) is 0 Å². The number of hydrogen-bond acceptors (Lipinski definition) is 4. The zero-order chi connectivity index (χ0) is 17.7. The summed E-state index contributed by atoms with van der Waals surface area (Å²) in [4.78, 5) is 12.4. The quantitative estimate of drug-likeness (QED) is 0.800. The van der Waals surface area contributed by atoms with E-state index in [-0.39, 0.29) is 11.9 Å². The number of carbonyl (C=O) groups excluding carboxylic acids is 1. The SMILES string of the molecule is COc1ccc(CC(C)NC(=O)c2cc(N)ccc2C)cc1OC. The first kappa shape index (κ1) is 17.7. The second-order valence-corrected chi connectivity index (χ2v) is 5.84. The van der Waals surface area contributed by atoms with E-state index >= 15 is 0 Å². The normalized spacial score (nSPS) is 11.7. The Kier molecular flexibility index (Phi) is 5.68. The van der Waals surface area contributed by atoms with E-state index in [9.17, 15) is 4.79 Å². The summed E-state index contributed by atoms with van der Waals surface area (Å²) in [5.41, 5.74) is 8.92. The van der Waals surface area contributed by atoms with E-state index in [1.807, 2.05) is 38.1 Å². The van der Waals surface area contributed by atoms with Crippen molar-refractivity contribution < 1.29 is 14.3 Å². The lowest BCUT2D eigenvalue weighted by Crippen LogP contribution is -2.34. The second kappa shape index (κ2) is 7.73. The largest absolute Gasteiger partial charge is 0.493 e. The minimum atomic E-state index is -0.118. The van der Waals surface area contributed by atoms with E-state index in [0.717, 1.165) is 11.1 Å². The average Bonchev–Trinajstić information content (AvgIpc) is 2.56. The Bertz CT molecular complexity index is 729. The molecule has 0 radical (unpaired) electrons. The monoisotopic (exact) mass is 328 g/mol. The molecule has 0 saturated carbocycles. The Morgan fingerprint density at radius 2 is 1.83 bits per heavy atom. The van der Waals surface area contributed by atoms with Gasteiger partial charge in [0.2, 0.25) is 0 Å². The van der Waals surface area contributed by atoms with E-state index in [2.05, 4.69) is 5.32 Å². The third-order valence-electron chi connectivity index (χ3n) is 3.87. The van der Waals surface area contributed by atoms with Crippen molar-refractivity contribution in [1.29, 1.82) is 0 Å². The number of anilines is 1. The van der Waals surface area contributed by atoms with Crippen LogP contribution in [0.3, 0.4) is 0 Å². The van der Waals surface area contributed by atoms with Crippen LogP contribution in [0.1, 0.15) is 28.4 Å². The first-order valence-corrected chi connectivity index (χ1v) is 7.82. The van der Waals surface area contributed by atoms with Crippen LogP contribution in [0.25, 0.3) is 0 Å². The van der Waals surface area contributed by atoms with E-state index in [4.69, 9.17) is 15.2 Å². The first-order chi connectivity index (χ1) is 11.4. The number of aryl methyl sites for hydroxylation is 1. The van der Waals surface area contributed by atoms with Crippen LogP contribution >= 0.6 is 0 Å². The molecule has 2 rings (SSSR count). The van der Waals surface area contributed by atoms with Gasteiger partial charge in [-0.3, -0.25) is 4.79 Å². The molecule has 5 heteroatoms. The lowest BCUT2D eigenvalue weighted by Gasteiger charge is -2.16. The molecule has 5 nitrogen and oxygen atoms in total. The molecule has 0 aliphatic carbocycles. The van der Waals surface area contributed by atoms with Crippen molar-refractivity contribution in [3.8, 4) is 11.5 Å². The summed E-state index contributed by atoms with van der Waals surface area (Å²) in [6.45, 7) is 3.86. The molecular formula is C19H24N2O3. The van der Waals surface area contributed by atoms with Gasteiger partial charge in [-0.2, -0.15) is 0 Å². The van der Waals surface area contributed by atoms with Gasteiger partial charge in [0.05, 0.1) is 14.2 Å².